The van der Waals surface area contributed by atoms with Crippen LogP contribution < -0.4 is 0 Å². The lowest BCUT2D eigenvalue weighted by atomic mass is 10.0. The molecule has 0 N–H and O–H groups in total. The van der Waals surface area contributed by atoms with Gasteiger partial charge in [0.2, 0.25) is 0 Å². The Hall–Kier alpha value is -1.56. The lowest BCUT2D eigenvalue weighted by Gasteiger charge is -2.35. The zero-order valence-corrected chi connectivity index (χ0v) is 26.6. The second-order valence-electron chi connectivity index (χ2n) is 7.86. The van der Waals surface area contributed by atoms with Crippen molar-refractivity contribution in [3.63, 3.8) is 0 Å². The Labute approximate surface area is 255 Å². The molecule has 0 unspecified atom stereocenters. The van der Waals surface area contributed by atoms with Crippen molar-refractivity contribution in [1.82, 2.24) is 10.0 Å². The number of ketones is 1. The Morgan fingerprint density at radius 3 is 1.84 bits per heavy atom. The molecule has 3 amide bonds. The number of amides is 3. The fourth-order valence-corrected chi connectivity index (χ4v) is 6.69. The number of benzene rings is 3. The van der Waals surface area contributed by atoms with Gasteiger partial charge in [0.25, 0.3) is 17.7 Å². The van der Waals surface area contributed by atoms with E-state index in [2.05, 4.69) is 63.7 Å². The molecule has 0 fully saturated rings. The van der Waals surface area contributed by atoms with Crippen LogP contribution in [0.5, 0.6) is 0 Å². The maximum Gasteiger partial charge on any atom is 0.282 e. The maximum atomic E-state index is 14.0. The third kappa shape index (κ3) is 4.96. The van der Waals surface area contributed by atoms with Gasteiger partial charge in [-0.25, -0.2) is 5.01 Å². The Morgan fingerprint density at radius 1 is 0.811 bits per heavy atom. The summed E-state index contributed by atoms with van der Waals surface area (Å²) in [7, 11) is 0. The van der Waals surface area contributed by atoms with Crippen molar-refractivity contribution in [1.29, 1.82) is 0 Å². The van der Waals surface area contributed by atoms with Gasteiger partial charge in [-0.1, -0.05) is 60.5 Å². The standard InChI is InChI=1S/C25H14Br4Cl2N2O4/c1-2-15(22(34)11-6-4-3-5-7-11)32(23(35)12-8-9-13(30)14(31)10-12)33-24(36)16-17(25(33)37)19(27)21(29)20(28)18(16)26/h3-10,15H,2H2,1H3/t15-/m1/s1. The topological polar surface area (TPSA) is 74.8 Å². The summed E-state index contributed by atoms with van der Waals surface area (Å²) in [6.45, 7) is 1.69. The summed E-state index contributed by atoms with van der Waals surface area (Å²) < 4.78 is 1.64. The lowest BCUT2D eigenvalue weighted by molar-refractivity contribution is -0.00975. The molecule has 1 heterocycles. The van der Waals surface area contributed by atoms with E-state index in [1.54, 1.807) is 37.3 Å². The number of fused-ring (bicyclic) bond motifs is 1. The first-order valence-electron chi connectivity index (χ1n) is 10.6. The van der Waals surface area contributed by atoms with Crippen molar-refractivity contribution in [2.24, 2.45) is 0 Å². The molecule has 0 saturated heterocycles. The largest absolute Gasteiger partial charge is 0.292 e. The first-order valence-corrected chi connectivity index (χ1v) is 14.6. The highest BCUT2D eigenvalue weighted by molar-refractivity contribution is 9.15. The number of hydrazine groups is 1. The van der Waals surface area contributed by atoms with E-state index in [-0.39, 0.29) is 33.2 Å². The minimum absolute atomic E-state index is 0.0425. The monoisotopic (exact) mass is 792 g/mol. The second kappa shape index (κ2) is 11.3. The van der Waals surface area contributed by atoms with Gasteiger partial charge >= 0.3 is 0 Å². The fraction of sp³-hybridized carbons (Fsp3) is 0.120. The van der Waals surface area contributed by atoms with Crippen molar-refractivity contribution >= 4 is 110 Å². The first-order chi connectivity index (χ1) is 17.5. The quantitative estimate of drug-likeness (QED) is 0.109. The van der Waals surface area contributed by atoms with Gasteiger partial charge in [-0.15, -0.1) is 0 Å². The van der Waals surface area contributed by atoms with Crippen LogP contribution in [0.1, 0.15) is 54.8 Å². The first kappa shape index (κ1) is 28.4. The molecule has 1 aliphatic heterocycles. The SMILES string of the molecule is CC[C@H](C(=O)c1ccccc1)N(C(=O)c1ccc(Cl)c(Cl)c1)N1C(=O)c2c(Br)c(Br)c(Br)c(Br)c2C1=O. The molecule has 3 aromatic carbocycles. The smallest absolute Gasteiger partial charge is 0.282 e. The highest BCUT2D eigenvalue weighted by Gasteiger charge is 2.48. The van der Waals surface area contributed by atoms with E-state index < -0.39 is 29.5 Å². The van der Waals surface area contributed by atoms with Gasteiger partial charge in [-0.3, -0.25) is 19.2 Å². The predicted octanol–water partition coefficient (Wildman–Crippen LogP) is 8.36. The van der Waals surface area contributed by atoms with Gasteiger partial charge in [0.05, 0.1) is 21.2 Å². The molecule has 0 aromatic heterocycles. The van der Waals surface area contributed by atoms with Gasteiger partial charge in [0.15, 0.2) is 5.78 Å². The molecule has 0 bridgehead atoms. The number of rotatable bonds is 6. The second-order valence-corrected chi connectivity index (χ2v) is 11.8. The molecule has 1 aliphatic rings. The predicted molar refractivity (Wildman–Crippen MR) is 155 cm³/mol. The Bertz CT molecular complexity index is 1440. The molecule has 0 aliphatic carbocycles. The van der Waals surface area contributed by atoms with E-state index in [0.717, 1.165) is 10.0 Å². The number of imide groups is 1. The molecule has 0 radical (unpaired) electrons. The van der Waals surface area contributed by atoms with Gasteiger partial charge in [0, 0.05) is 29.0 Å². The zero-order valence-electron chi connectivity index (χ0n) is 18.7. The Kier molecular flexibility index (Phi) is 8.67. The molecule has 0 saturated carbocycles. The normalized spacial score (nSPS) is 13.5. The number of hydrogen-bond donors (Lipinski definition) is 0. The molecular formula is C25H14Br4Cl2N2O4. The zero-order chi connectivity index (χ0) is 27.2. The maximum absolute atomic E-state index is 14.0. The molecule has 6 nitrogen and oxygen atoms in total. The number of hydrogen-bond acceptors (Lipinski definition) is 4. The van der Waals surface area contributed by atoms with Crippen LogP contribution in [-0.4, -0.2) is 39.6 Å². The van der Waals surface area contributed by atoms with E-state index in [1.807, 2.05) is 0 Å². The fourth-order valence-electron chi connectivity index (χ4n) is 3.93. The van der Waals surface area contributed by atoms with Crippen LogP contribution in [0, 0.1) is 0 Å². The summed E-state index contributed by atoms with van der Waals surface area (Å²) in [5, 5.41) is 1.97. The summed E-state index contributed by atoms with van der Waals surface area (Å²) in [6.07, 6.45) is 0.115. The minimum atomic E-state index is -1.18. The molecule has 1 atom stereocenters. The van der Waals surface area contributed by atoms with Gasteiger partial charge < -0.3 is 0 Å². The summed E-state index contributed by atoms with van der Waals surface area (Å²) in [5.41, 5.74) is 0.457. The molecule has 37 heavy (non-hydrogen) atoms. The van der Waals surface area contributed by atoms with Crippen LogP contribution >= 0.6 is 86.9 Å². The highest BCUT2D eigenvalue weighted by atomic mass is 79.9. The molecule has 12 heteroatoms. The number of carbonyl (C=O) groups excluding carboxylic acids is 4. The van der Waals surface area contributed by atoms with E-state index >= 15 is 0 Å². The molecule has 3 aromatic rings. The van der Waals surface area contributed by atoms with Crippen LogP contribution in [0.2, 0.25) is 10.0 Å². The molecule has 190 valence electrons. The average Bonchev–Trinajstić information content (AvgIpc) is 3.15. The van der Waals surface area contributed by atoms with Crippen molar-refractivity contribution < 1.29 is 19.2 Å². The summed E-state index contributed by atoms with van der Waals surface area (Å²) >= 11 is 25.8. The van der Waals surface area contributed by atoms with E-state index in [1.165, 1.54) is 18.2 Å². The van der Waals surface area contributed by atoms with Crippen molar-refractivity contribution in [2.45, 2.75) is 19.4 Å². The van der Waals surface area contributed by atoms with Gasteiger partial charge in [-0.2, -0.15) is 5.01 Å². The average molecular weight is 797 g/mol. The van der Waals surface area contributed by atoms with Crippen molar-refractivity contribution in [3.05, 3.63) is 98.7 Å². The Morgan fingerprint density at radius 2 is 1.35 bits per heavy atom. The number of carbonyl (C=O) groups is 4. The van der Waals surface area contributed by atoms with E-state index in [9.17, 15) is 19.2 Å². The third-order valence-corrected chi connectivity index (χ3v) is 11.2. The minimum Gasteiger partial charge on any atom is -0.292 e. The Balaban J connectivity index is 1.92. The van der Waals surface area contributed by atoms with Crippen molar-refractivity contribution in [2.75, 3.05) is 0 Å². The third-order valence-electron chi connectivity index (χ3n) is 5.71. The van der Waals surface area contributed by atoms with Crippen LogP contribution in [0.3, 0.4) is 0 Å². The highest BCUT2D eigenvalue weighted by Crippen LogP contribution is 2.46. The summed E-state index contributed by atoms with van der Waals surface area (Å²) in [5.74, 6) is -2.75. The van der Waals surface area contributed by atoms with Crippen molar-refractivity contribution in [3.8, 4) is 0 Å². The van der Waals surface area contributed by atoms with Crippen LogP contribution in [-0.2, 0) is 0 Å². The number of Topliss-reactive ketones (excluding diaryl/α,β-unsaturated/α-hetero) is 1. The lowest BCUT2D eigenvalue weighted by Crippen LogP contribution is -2.57. The van der Waals surface area contributed by atoms with Crippen LogP contribution in [0.25, 0.3) is 0 Å². The summed E-state index contributed by atoms with van der Waals surface area (Å²) in [4.78, 5) is 55.2. The molecule has 0 spiro atoms. The van der Waals surface area contributed by atoms with Gasteiger partial charge in [-0.05, 0) is 88.3 Å². The summed E-state index contributed by atoms with van der Waals surface area (Å²) in [6, 6.07) is 11.3. The van der Waals surface area contributed by atoms with E-state index in [0.29, 0.717) is 23.5 Å². The van der Waals surface area contributed by atoms with Gasteiger partial charge in [0.1, 0.15) is 6.04 Å². The molecular weight excluding hydrogens is 783 g/mol. The van der Waals surface area contributed by atoms with Crippen LogP contribution in [0.4, 0.5) is 0 Å². The molecule has 4 rings (SSSR count). The number of nitrogens with zero attached hydrogens (tertiary/aromatic N) is 2. The number of halogens is 6. The van der Waals surface area contributed by atoms with Crippen LogP contribution in [0.15, 0.2) is 66.4 Å². The van der Waals surface area contributed by atoms with E-state index in [4.69, 9.17) is 23.2 Å².